The monoisotopic (exact) mass is 436 g/mol. The van der Waals surface area contributed by atoms with Gasteiger partial charge in [0.2, 0.25) is 5.91 Å². The van der Waals surface area contributed by atoms with Crippen molar-refractivity contribution in [2.75, 3.05) is 11.5 Å². The molecule has 156 valence electrons. The molecular formula is C20H24N2O5S2. The Morgan fingerprint density at radius 3 is 2.34 bits per heavy atom. The van der Waals surface area contributed by atoms with Gasteiger partial charge >= 0.3 is 0 Å². The van der Waals surface area contributed by atoms with Crippen molar-refractivity contribution in [1.29, 1.82) is 0 Å². The fraction of sp³-hybridized carbons (Fsp3) is 0.400. The van der Waals surface area contributed by atoms with Gasteiger partial charge < -0.3 is 4.74 Å². The maximum atomic E-state index is 13.3. The summed E-state index contributed by atoms with van der Waals surface area (Å²) in [5, 5.41) is 1.67. The number of carbonyl (C=O) groups is 2. The van der Waals surface area contributed by atoms with Crippen LogP contribution in [0.15, 0.2) is 46.0 Å². The molecule has 0 bridgehead atoms. The molecule has 0 radical (unpaired) electrons. The second kappa shape index (κ2) is 7.89. The van der Waals surface area contributed by atoms with E-state index in [9.17, 15) is 18.0 Å². The smallest absolute Gasteiger partial charge is 0.253 e. The van der Waals surface area contributed by atoms with E-state index in [1.165, 1.54) is 10.4 Å². The summed E-state index contributed by atoms with van der Waals surface area (Å²) < 4.78 is 33.3. The fourth-order valence-electron chi connectivity index (χ4n) is 3.43. The lowest BCUT2D eigenvalue weighted by Gasteiger charge is -2.37. The number of imide groups is 1. The molecular weight excluding hydrogens is 412 g/mol. The summed E-state index contributed by atoms with van der Waals surface area (Å²) in [7, 11) is -3.94. The molecule has 2 aromatic rings. The van der Waals surface area contributed by atoms with E-state index in [4.69, 9.17) is 4.74 Å². The van der Waals surface area contributed by atoms with Crippen molar-refractivity contribution in [3.05, 3.63) is 41.8 Å². The van der Waals surface area contributed by atoms with Gasteiger partial charge in [-0.05, 0) is 63.4 Å². The van der Waals surface area contributed by atoms with E-state index in [0.29, 0.717) is 18.0 Å². The van der Waals surface area contributed by atoms with Crippen molar-refractivity contribution in [1.82, 2.24) is 4.31 Å². The van der Waals surface area contributed by atoms with E-state index < -0.39 is 33.4 Å². The van der Waals surface area contributed by atoms with Crippen molar-refractivity contribution < 1.29 is 22.7 Å². The average molecular weight is 437 g/mol. The summed E-state index contributed by atoms with van der Waals surface area (Å²) in [6, 6.07) is 8.65. The molecule has 0 saturated carbocycles. The van der Waals surface area contributed by atoms with Crippen molar-refractivity contribution in [2.24, 2.45) is 0 Å². The summed E-state index contributed by atoms with van der Waals surface area (Å²) in [5.74, 6) is -0.350. The predicted octanol–water partition coefficient (Wildman–Crippen LogP) is 3.27. The summed E-state index contributed by atoms with van der Waals surface area (Å²) in [5.41, 5.74) is -0.494. The van der Waals surface area contributed by atoms with Gasteiger partial charge in [0.15, 0.2) is 0 Å². The fourth-order valence-corrected chi connectivity index (χ4v) is 6.44. The summed E-state index contributed by atoms with van der Waals surface area (Å²) >= 11 is 1.09. The molecule has 1 fully saturated rings. The minimum atomic E-state index is -3.94. The first-order valence-corrected chi connectivity index (χ1v) is 11.6. The van der Waals surface area contributed by atoms with Crippen LogP contribution in [0.25, 0.3) is 0 Å². The zero-order chi connectivity index (χ0) is 21.4. The van der Waals surface area contributed by atoms with Crippen LogP contribution >= 0.6 is 11.3 Å². The van der Waals surface area contributed by atoms with E-state index in [0.717, 1.165) is 16.2 Å². The zero-order valence-electron chi connectivity index (χ0n) is 16.8. The molecule has 1 unspecified atom stereocenters. The molecule has 1 aliphatic heterocycles. The number of hydrogen-bond donors (Lipinski definition) is 0. The Hall–Kier alpha value is -2.23. The van der Waals surface area contributed by atoms with Crippen LogP contribution < -0.4 is 9.64 Å². The minimum Gasteiger partial charge on any atom is -0.494 e. The molecule has 3 rings (SSSR count). The van der Waals surface area contributed by atoms with Crippen molar-refractivity contribution in [3.63, 3.8) is 0 Å². The van der Waals surface area contributed by atoms with Crippen LogP contribution in [0.4, 0.5) is 5.69 Å². The lowest BCUT2D eigenvalue weighted by atomic mass is 10.1. The van der Waals surface area contributed by atoms with E-state index in [1.807, 2.05) is 6.92 Å². The first-order valence-electron chi connectivity index (χ1n) is 9.25. The van der Waals surface area contributed by atoms with E-state index in [1.54, 1.807) is 56.5 Å². The molecule has 2 amide bonds. The molecule has 29 heavy (non-hydrogen) atoms. The maximum Gasteiger partial charge on any atom is 0.253 e. The summed E-state index contributed by atoms with van der Waals surface area (Å²) in [4.78, 5) is 27.0. The van der Waals surface area contributed by atoms with Gasteiger partial charge in [-0.25, -0.2) is 13.3 Å². The number of anilines is 1. The van der Waals surface area contributed by atoms with Gasteiger partial charge in [0.1, 0.15) is 16.0 Å². The molecule has 1 atom stereocenters. The highest BCUT2D eigenvalue weighted by atomic mass is 32.2. The van der Waals surface area contributed by atoms with E-state index in [2.05, 4.69) is 0 Å². The molecule has 0 spiro atoms. The average Bonchev–Trinajstić information content (AvgIpc) is 3.25. The number of amides is 2. The number of thiophene rings is 1. The maximum absolute atomic E-state index is 13.3. The van der Waals surface area contributed by atoms with Gasteiger partial charge in [0.05, 0.1) is 18.7 Å². The van der Waals surface area contributed by atoms with Gasteiger partial charge in [-0.1, -0.05) is 6.07 Å². The molecule has 1 aliphatic rings. The van der Waals surface area contributed by atoms with Gasteiger partial charge in [-0.3, -0.25) is 9.59 Å². The third-order valence-corrected chi connectivity index (χ3v) is 8.03. The van der Waals surface area contributed by atoms with Crippen molar-refractivity contribution >= 4 is 38.9 Å². The number of nitrogens with zero attached hydrogens (tertiary/aromatic N) is 2. The van der Waals surface area contributed by atoms with Crippen molar-refractivity contribution in [3.8, 4) is 5.75 Å². The quantitative estimate of drug-likeness (QED) is 0.649. The first-order chi connectivity index (χ1) is 13.6. The van der Waals surface area contributed by atoms with Crippen LogP contribution in [0, 0.1) is 0 Å². The van der Waals surface area contributed by atoms with Gasteiger partial charge in [0.25, 0.3) is 15.9 Å². The standard InChI is InChI=1S/C20H24N2O5S2/c1-5-27-15-10-8-14(9-11-15)21-17(23)13-16(19(21)24)22(20(2,3)4)29(25,26)18-7-6-12-28-18/h6-12,16H,5,13H2,1-4H3. The van der Waals surface area contributed by atoms with Crippen LogP contribution in [-0.4, -0.2) is 42.7 Å². The normalized spacial score (nSPS) is 18.0. The molecule has 7 nitrogen and oxygen atoms in total. The van der Waals surface area contributed by atoms with Crippen LogP contribution in [0.1, 0.15) is 34.1 Å². The Bertz CT molecular complexity index is 992. The van der Waals surface area contributed by atoms with E-state index in [-0.39, 0.29) is 10.6 Å². The number of rotatable bonds is 6. The highest BCUT2D eigenvalue weighted by Crippen LogP contribution is 2.35. The molecule has 0 aliphatic carbocycles. The molecule has 1 saturated heterocycles. The largest absolute Gasteiger partial charge is 0.494 e. The Morgan fingerprint density at radius 2 is 1.83 bits per heavy atom. The SMILES string of the molecule is CCOc1ccc(N2C(=O)CC(N(C(C)(C)C)S(=O)(=O)c3cccs3)C2=O)cc1. The number of carbonyl (C=O) groups excluding carboxylic acids is 2. The third kappa shape index (κ3) is 4.08. The van der Waals surface area contributed by atoms with Crippen LogP contribution in [0.5, 0.6) is 5.75 Å². The second-order valence-corrected chi connectivity index (χ2v) is 10.6. The Morgan fingerprint density at radius 1 is 1.17 bits per heavy atom. The lowest BCUT2D eigenvalue weighted by Crippen LogP contribution is -2.54. The number of sulfonamides is 1. The Balaban J connectivity index is 1.97. The highest BCUT2D eigenvalue weighted by molar-refractivity contribution is 7.91. The van der Waals surface area contributed by atoms with Gasteiger partial charge in [-0.15, -0.1) is 11.3 Å². The second-order valence-electron chi connectivity index (χ2n) is 7.62. The predicted molar refractivity (Wildman–Crippen MR) is 112 cm³/mol. The molecule has 2 heterocycles. The topological polar surface area (TPSA) is 84.0 Å². The first kappa shape index (κ1) is 21.5. The van der Waals surface area contributed by atoms with Crippen LogP contribution in [0.2, 0.25) is 0 Å². The number of benzene rings is 1. The molecule has 1 aromatic heterocycles. The summed E-state index contributed by atoms with van der Waals surface area (Å²) in [6.07, 6.45) is -0.200. The van der Waals surface area contributed by atoms with Crippen LogP contribution in [-0.2, 0) is 19.6 Å². The highest BCUT2D eigenvalue weighted by Gasteiger charge is 2.50. The molecule has 1 aromatic carbocycles. The molecule has 0 N–H and O–H groups in total. The minimum absolute atomic E-state index is 0.146. The molecule has 9 heteroatoms. The third-order valence-electron chi connectivity index (χ3n) is 4.48. The lowest BCUT2D eigenvalue weighted by molar-refractivity contribution is -0.122. The Kier molecular flexibility index (Phi) is 5.84. The van der Waals surface area contributed by atoms with Gasteiger partial charge in [-0.2, -0.15) is 4.31 Å². The van der Waals surface area contributed by atoms with Gasteiger partial charge in [0, 0.05) is 5.54 Å². The number of hydrogen-bond acceptors (Lipinski definition) is 6. The number of ether oxygens (including phenoxy) is 1. The Labute approximate surface area is 174 Å². The van der Waals surface area contributed by atoms with Crippen molar-refractivity contribution in [2.45, 2.75) is 49.9 Å². The zero-order valence-corrected chi connectivity index (χ0v) is 18.4. The van der Waals surface area contributed by atoms with Crippen LogP contribution in [0.3, 0.4) is 0 Å². The summed E-state index contributed by atoms with van der Waals surface area (Å²) in [6.45, 7) is 7.52. The van der Waals surface area contributed by atoms with E-state index >= 15 is 0 Å².